The third kappa shape index (κ3) is 1.95. The summed E-state index contributed by atoms with van der Waals surface area (Å²) in [5, 5.41) is 0. The summed E-state index contributed by atoms with van der Waals surface area (Å²) in [4.78, 5) is 0. The predicted octanol–water partition coefficient (Wildman–Crippen LogP) is 3.44. The van der Waals surface area contributed by atoms with Crippen LogP contribution in [0.3, 0.4) is 0 Å². The first-order chi connectivity index (χ1) is 6.98. The first-order valence-corrected chi connectivity index (χ1v) is 6.84. The summed E-state index contributed by atoms with van der Waals surface area (Å²) >= 11 is 0. The van der Waals surface area contributed by atoms with Crippen molar-refractivity contribution in [2.75, 3.05) is 19.6 Å². The maximum Gasteiger partial charge on any atom is 0.0833 e. The van der Waals surface area contributed by atoms with Gasteiger partial charge in [-0.25, -0.2) is 0 Å². The summed E-state index contributed by atoms with van der Waals surface area (Å²) < 4.78 is 1.43. The minimum Gasteiger partial charge on any atom is -0.322 e. The van der Waals surface area contributed by atoms with Crippen molar-refractivity contribution in [1.29, 1.82) is 0 Å². The quantitative estimate of drug-likeness (QED) is 0.626. The van der Waals surface area contributed by atoms with E-state index >= 15 is 0 Å². The first-order valence-electron chi connectivity index (χ1n) is 6.84. The largest absolute Gasteiger partial charge is 0.322 e. The molecular formula is C14H28N+. The molecule has 0 atom stereocenters. The third-order valence-electron chi connectivity index (χ3n) is 5.20. The van der Waals surface area contributed by atoms with Gasteiger partial charge in [0, 0.05) is 19.3 Å². The molecule has 3 fully saturated rings. The van der Waals surface area contributed by atoms with Crippen LogP contribution in [0.15, 0.2) is 0 Å². The van der Waals surface area contributed by atoms with Crippen LogP contribution < -0.4 is 0 Å². The summed E-state index contributed by atoms with van der Waals surface area (Å²) in [6, 6.07) is 0.849. The summed E-state index contributed by atoms with van der Waals surface area (Å²) in [5.74, 6) is 0.891. The van der Waals surface area contributed by atoms with Crippen molar-refractivity contribution in [2.45, 2.75) is 59.4 Å². The maximum atomic E-state index is 2.42. The molecule has 0 saturated carbocycles. The second kappa shape index (κ2) is 3.76. The predicted molar refractivity (Wildman–Crippen MR) is 65.7 cm³/mol. The van der Waals surface area contributed by atoms with Gasteiger partial charge in [0.05, 0.1) is 25.7 Å². The van der Waals surface area contributed by atoms with Gasteiger partial charge in [-0.3, -0.25) is 0 Å². The van der Waals surface area contributed by atoms with Gasteiger partial charge in [-0.05, 0) is 31.6 Å². The van der Waals surface area contributed by atoms with Crippen LogP contribution in [-0.2, 0) is 0 Å². The molecule has 0 radical (unpaired) electrons. The van der Waals surface area contributed by atoms with E-state index in [1.54, 1.807) is 0 Å². The Kier molecular flexibility index (Phi) is 2.87. The van der Waals surface area contributed by atoms with E-state index in [9.17, 15) is 0 Å². The third-order valence-corrected chi connectivity index (χ3v) is 5.20. The van der Waals surface area contributed by atoms with Gasteiger partial charge in [-0.2, -0.15) is 0 Å². The summed E-state index contributed by atoms with van der Waals surface area (Å²) in [5.41, 5.74) is 0.753. The molecule has 15 heavy (non-hydrogen) atoms. The Hall–Kier alpha value is -0.0400. The molecule has 3 rings (SSSR count). The second-order valence-electron chi connectivity index (χ2n) is 6.83. The van der Waals surface area contributed by atoms with Gasteiger partial charge in [0.2, 0.25) is 0 Å². The molecule has 1 nitrogen and oxygen atoms in total. The zero-order valence-corrected chi connectivity index (χ0v) is 11.1. The Labute approximate surface area is 95.4 Å². The molecule has 2 bridgehead atoms. The topological polar surface area (TPSA) is 0 Å². The molecule has 1 heteroatoms. The molecule has 88 valence electrons. The standard InChI is InChI=1S/C14H28N/c1-12(2)11-14-5-8-15(9-6-14,10-7-14)13(3)4/h12-13H,5-11H2,1-4H3/q+1. The fourth-order valence-corrected chi connectivity index (χ4v) is 4.04. The van der Waals surface area contributed by atoms with Crippen LogP contribution in [-0.4, -0.2) is 30.2 Å². The van der Waals surface area contributed by atoms with Gasteiger partial charge in [-0.15, -0.1) is 0 Å². The van der Waals surface area contributed by atoms with Crippen LogP contribution in [0.25, 0.3) is 0 Å². The summed E-state index contributed by atoms with van der Waals surface area (Å²) in [6.45, 7) is 14.0. The molecule has 0 aromatic heterocycles. The Morgan fingerprint density at radius 2 is 1.40 bits per heavy atom. The maximum absolute atomic E-state index is 2.42. The lowest BCUT2D eigenvalue weighted by molar-refractivity contribution is -0.964. The average Bonchev–Trinajstić information content (AvgIpc) is 2.18. The smallest absolute Gasteiger partial charge is 0.0833 e. The number of piperidine rings is 3. The highest BCUT2D eigenvalue weighted by atomic mass is 15.4. The lowest BCUT2D eigenvalue weighted by atomic mass is 9.66. The van der Waals surface area contributed by atoms with E-state index in [-0.39, 0.29) is 0 Å². The first kappa shape index (κ1) is 11.4. The van der Waals surface area contributed by atoms with Gasteiger partial charge in [0.25, 0.3) is 0 Å². The van der Waals surface area contributed by atoms with Crippen LogP contribution in [0.5, 0.6) is 0 Å². The Morgan fingerprint density at radius 1 is 0.933 bits per heavy atom. The highest BCUT2D eigenvalue weighted by Crippen LogP contribution is 2.48. The van der Waals surface area contributed by atoms with Crippen LogP contribution in [0.2, 0.25) is 0 Å². The van der Waals surface area contributed by atoms with E-state index in [1.807, 2.05) is 0 Å². The zero-order chi connectivity index (χ0) is 11.1. The van der Waals surface area contributed by atoms with E-state index < -0.39 is 0 Å². The Morgan fingerprint density at radius 3 is 1.73 bits per heavy atom. The van der Waals surface area contributed by atoms with E-state index in [0.29, 0.717) is 0 Å². The number of rotatable bonds is 3. The molecule has 0 spiro atoms. The minimum absolute atomic E-state index is 0.753. The molecule has 0 amide bonds. The molecule has 0 N–H and O–H groups in total. The van der Waals surface area contributed by atoms with E-state index in [1.165, 1.54) is 49.8 Å². The number of nitrogens with zero attached hydrogens (tertiary/aromatic N) is 1. The Bertz CT molecular complexity index is 205. The molecule has 0 aromatic carbocycles. The molecule has 3 heterocycles. The molecule has 0 unspecified atom stereocenters. The molecule has 0 aromatic rings. The van der Waals surface area contributed by atoms with E-state index in [0.717, 1.165) is 17.4 Å². The van der Waals surface area contributed by atoms with Gasteiger partial charge in [-0.1, -0.05) is 13.8 Å². The zero-order valence-electron chi connectivity index (χ0n) is 11.1. The van der Waals surface area contributed by atoms with Crippen LogP contribution in [0, 0.1) is 11.3 Å². The van der Waals surface area contributed by atoms with Crippen molar-refractivity contribution in [1.82, 2.24) is 0 Å². The number of fused-ring (bicyclic) bond motifs is 3. The van der Waals surface area contributed by atoms with Gasteiger partial charge >= 0.3 is 0 Å². The van der Waals surface area contributed by atoms with Gasteiger partial charge in [0.15, 0.2) is 0 Å². The SMILES string of the molecule is CC(C)CC12CC[N+](C(C)C)(CC1)CC2. The van der Waals surface area contributed by atoms with Gasteiger partial charge in [0.1, 0.15) is 0 Å². The van der Waals surface area contributed by atoms with E-state index in [4.69, 9.17) is 0 Å². The fourth-order valence-electron chi connectivity index (χ4n) is 4.04. The molecular weight excluding hydrogens is 182 g/mol. The number of hydrogen-bond donors (Lipinski definition) is 0. The van der Waals surface area contributed by atoms with Crippen molar-refractivity contribution >= 4 is 0 Å². The van der Waals surface area contributed by atoms with Crippen LogP contribution in [0.4, 0.5) is 0 Å². The minimum atomic E-state index is 0.753. The normalized spacial score (nSPS) is 40.4. The summed E-state index contributed by atoms with van der Waals surface area (Å²) in [6.07, 6.45) is 5.99. The molecule has 3 aliphatic heterocycles. The lowest BCUT2D eigenvalue weighted by Gasteiger charge is -2.57. The molecule has 3 saturated heterocycles. The molecule has 0 aliphatic carbocycles. The Balaban J connectivity index is 2.04. The van der Waals surface area contributed by atoms with Gasteiger partial charge < -0.3 is 4.48 Å². The average molecular weight is 210 g/mol. The van der Waals surface area contributed by atoms with Crippen molar-refractivity contribution in [2.24, 2.45) is 11.3 Å². The number of hydrogen-bond acceptors (Lipinski definition) is 0. The fraction of sp³-hybridized carbons (Fsp3) is 1.00. The number of quaternary nitrogens is 1. The van der Waals surface area contributed by atoms with Crippen molar-refractivity contribution < 1.29 is 4.48 Å². The van der Waals surface area contributed by atoms with Crippen molar-refractivity contribution in [3.63, 3.8) is 0 Å². The monoisotopic (exact) mass is 210 g/mol. The van der Waals surface area contributed by atoms with Crippen molar-refractivity contribution in [3.05, 3.63) is 0 Å². The lowest BCUT2D eigenvalue weighted by Crippen LogP contribution is -2.64. The highest BCUT2D eigenvalue weighted by molar-refractivity contribution is 4.88. The van der Waals surface area contributed by atoms with Crippen molar-refractivity contribution in [3.8, 4) is 0 Å². The molecule has 3 aliphatic rings. The van der Waals surface area contributed by atoms with Crippen LogP contribution in [0.1, 0.15) is 53.4 Å². The van der Waals surface area contributed by atoms with Crippen LogP contribution >= 0.6 is 0 Å². The second-order valence-corrected chi connectivity index (χ2v) is 6.83. The highest BCUT2D eigenvalue weighted by Gasteiger charge is 2.49. The summed E-state index contributed by atoms with van der Waals surface area (Å²) in [7, 11) is 0. The van der Waals surface area contributed by atoms with E-state index in [2.05, 4.69) is 27.7 Å².